The van der Waals surface area contributed by atoms with Crippen LogP contribution in [0.2, 0.25) is 0 Å². The molecule has 1 rings (SSSR count). The number of ether oxygens (including phenoxy) is 1. The Bertz CT molecular complexity index is 555. The maximum Gasteiger partial charge on any atom is 0.345 e. The van der Waals surface area contributed by atoms with Crippen molar-refractivity contribution in [2.24, 2.45) is 0 Å². The van der Waals surface area contributed by atoms with Gasteiger partial charge in [0.1, 0.15) is 9.77 Å². The second kappa shape index (κ2) is 6.77. The first-order valence-corrected chi connectivity index (χ1v) is 8.05. The number of rotatable bonds is 7. The van der Waals surface area contributed by atoms with Crippen LogP contribution in [-0.2, 0) is 14.8 Å². The number of carboxylic acids is 1. The molecule has 0 aliphatic carbocycles. The number of carboxylic acid groups (broad SMARTS) is 1. The zero-order chi connectivity index (χ0) is 14.6. The molecule has 108 valence electrons. The number of aromatic carboxylic acids is 1. The Morgan fingerprint density at radius 1 is 1.63 bits per heavy atom. The number of hydrogen-bond acceptors (Lipinski definition) is 6. The standard InChI is InChI=1S/C9H12BrNO6S2/c1-17-4-5(3-12)11-19(15,16)7-2-6(9(13)14)18-8(7)10/h2,5,11-12H,3-4H2,1H3,(H,13,14). The molecule has 1 aromatic heterocycles. The van der Waals surface area contributed by atoms with Crippen LogP contribution >= 0.6 is 27.3 Å². The van der Waals surface area contributed by atoms with Crippen LogP contribution in [0.4, 0.5) is 0 Å². The Morgan fingerprint density at radius 2 is 2.26 bits per heavy atom. The molecule has 0 saturated heterocycles. The third kappa shape index (κ3) is 4.23. The quantitative estimate of drug-likeness (QED) is 0.641. The van der Waals surface area contributed by atoms with Gasteiger partial charge in [-0.05, 0) is 22.0 Å². The topological polar surface area (TPSA) is 113 Å². The third-order valence-electron chi connectivity index (χ3n) is 2.07. The minimum atomic E-state index is -3.93. The number of hydrogen-bond donors (Lipinski definition) is 3. The summed E-state index contributed by atoms with van der Waals surface area (Å²) in [6.07, 6.45) is 0. The van der Waals surface area contributed by atoms with Crippen molar-refractivity contribution >= 4 is 43.3 Å². The van der Waals surface area contributed by atoms with Crippen LogP contribution < -0.4 is 4.72 Å². The summed E-state index contributed by atoms with van der Waals surface area (Å²) >= 11 is 3.82. The largest absolute Gasteiger partial charge is 0.477 e. The average Bonchev–Trinajstić information content (AvgIpc) is 2.71. The monoisotopic (exact) mass is 373 g/mol. The van der Waals surface area contributed by atoms with Crippen molar-refractivity contribution in [3.63, 3.8) is 0 Å². The summed E-state index contributed by atoms with van der Waals surface area (Å²) in [6, 6.07) is 0.260. The van der Waals surface area contributed by atoms with E-state index in [1.165, 1.54) is 7.11 Å². The molecule has 7 nitrogen and oxygen atoms in total. The average molecular weight is 374 g/mol. The molecule has 0 amide bonds. The Balaban J connectivity index is 3.03. The normalized spacial score (nSPS) is 13.4. The fourth-order valence-corrected chi connectivity index (χ4v) is 4.86. The van der Waals surface area contributed by atoms with Crippen LogP contribution in [0, 0.1) is 0 Å². The highest BCUT2D eigenvalue weighted by Gasteiger charge is 2.25. The van der Waals surface area contributed by atoms with Gasteiger partial charge in [-0.3, -0.25) is 0 Å². The van der Waals surface area contributed by atoms with E-state index in [4.69, 9.17) is 14.9 Å². The number of halogens is 1. The van der Waals surface area contributed by atoms with E-state index in [1.807, 2.05) is 0 Å². The van der Waals surface area contributed by atoms with Gasteiger partial charge in [-0.1, -0.05) is 0 Å². The molecular formula is C9H12BrNO6S2. The molecule has 0 bridgehead atoms. The highest BCUT2D eigenvalue weighted by molar-refractivity contribution is 9.11. The molecule has 0 aromatic carbocycles. The minimum absolute atomic E-state index is 0.00325. The molecule has 0 fully saturated rings. The van der Waals surface area contributed by atoms with Crippen molar-refractivity contribution in [2.75, 3.05) is 20.3 Å². The molecule has 3 N–H and O–H groups in total. The van der Waals surface area contributed by atoms with Crippen molar-refractivity contribution in [1.29, 1.82) is 0 Å². The summed E-state index contributed by atoms with van der Waals surface area (Å²) < 4.78 is 31.3. The van der Waals surface area contributed by atoms with E-state index in [2.05, 4.69) is 20.7 Å². The molecule has 0 aliphatic heterocycles. The van der Waals surface area contributed by atoms with Gasteiger partial charge in [-0.25, -0.2) is 17.9 Å². The first-order chi connectivity index (χ1) is 8.81. The van der Waals surface area contributed by atoms with Gasteiger partial charge in [-0.2, -0.15) is 0 Å². The highest BCUT2D eigenvalue weighted by atomic mass is 79.9. The first-order valence-electron chi connectivity index (χ1n) is 4.96. The van der Waals surface area contributed by atoms with Gasteiger partial charge in [0.25, 0.3) is 0 Å². The number of sulfonamides is 1. The summed E-state index contributed by atoms with van der Waals surface area (Å²) in [6.45, 7) is -0.427. The Labute approximate surface area is 122 Å². The maximum atomic E-state index is 12.0. The van der Waals surface area contributed by atoms with Crippen LogP contribution in [0.5, 0.6) is 0 Å². The van der Waals surface area contributed by atoms with Gasteiger partial charge in [0.05, 0.1) is 23.0 Å². The number of aliphatic hydroxyl groups excluding tert-OH is 1. The van der Waals surface area contributed by atoms with Crippen LogP contribution in [0.1, 0.15) is 9.67 Å². The van der Waals surface area contributed by atoms with Crippen molar-refractivity contribution in [3.8, 4) is 0 Å². The number of nitrogens with one attached hydrogen (secondary N) is 1. The second-order valence-corrected chi connectivity index (χ2v) is 7.56. The number of methoxy groups -OCH3 is 1. The first kappa shape index (κ1) is 16.5. The highest BCUT2D eigenvalue weighted by Crippen LogP contribution is 2.31. The zero-order valence-electron chi connectivity index (χ0n) is 9.79. The van der Waals surface area contributed by atoms with Gasteiger partial charge in [-0.15, -0.1) is 11.3 Å². The maximum absolute atomic E-state index is 12.0. The molecule has 0 radical (unpaired) electrons. The number of carbonyl (C=O) groups is 1. The lowest BCUT2D eigenvalue weighted by Gasteiger charge is -2.14. The van der Waals surface area contributed by atoms with Gasteiger partial charge >= 0.3 is 5.97 Å². The minimum Gasteiger partial charge on any atom is -0.477 e. The summed E-state index contributed by atoms with van der Waals surface area (Å²) in [4.78, 5) is 10.5. The zero-order valence-corrected chi connectivity index (χ0v) is 13.0. The third-order valence-corrected chi connectivity index (χ3v) is 5.83. The Hall–Kier alpha value is -0.520. The molecule has 1 aromatic rings. The SMILES string of the molecule is COCC(CO)NS(=O)(=O)c1cc(C(=O)O)sc1Br. The van der Waals surface area contributed by atoms with Crippen LogP contribution in [0.15, 0.2) is 14.7 Å². The predicted octanol–water partition coefficient (Wildman–Crippen LogP) is 0.494. The van der Waals surface area contributed by atoms with Gasteiger partial charge in [0.2, 0.25) is 10.0 Å². The van der Waals surface area contributed by atoms with E-state index in [0.717, 1.165) is 17.4 Å². The summed E-state index contributed by atoms with van der Waals surface area (Å²) in [7, 11) is -2.55. The second-order valence-electron chi connectivity index (χ2n) is 3.51. The van der Waals surface area contributed by atoms with E-state index in [0.29, 0.717) is 0 Å². The molecule has 1 heterocycles. The fourth-order valence-electron chi connectivity index (χ4n) is 1.25. The van der Waals surface area contributed by atoms with Crippen LogP contribution in [0.25, 0.3) is 0 Å². The molecule has 0 saturated carbocycles. The lowest BCUT2D eigenvalue weighted by Crippen LogP contribution is -2.40. The summed E-state index contributed by atoms with van der Waals surface area (Å²) in [5.41, 5.74) is 0. The molecule has 0 aliphatic rings. The van der Waals surface area contributed by atoms with Gasteiger partial charge < -0.3 is 14.9 Å². The lowest BCUT2D eigenvalue weighted by molar-refractivity contribution is 0.0702. The summed E-state index contributed by atoms with van der Waals surface area (Å²) in [5, 5.41) is 17.8. The Morgan fingerprint density at radius 3 is 2.68 bits per heavy atom. The number of aliphatic hydroxyl groups is 1. The number of thiophene rings is 1. The van der Waals surface area contributed by atoms with Gasteiger partial charge in [0.15, 0.2) is 0 Å². The van der Waals surface area contributed by atoms with E-state index < -0.39 is 28.6 Å². The van der Waals surface area contributed by atoms with Crippen LogP contribution in [0.3, 0.4) is 0 Å². The predicted molar refractivity (Wildman–Crippen MR) is 72.0 cm³/mol. The van der Waals surface area contributed by atoms with Crippen LogP contribution in [-0.4, -0.2) is 51.0 Å². The fraction of sp³-hybridized carbons (Fsp3) is 0.444. The molecule has 1 unspecified atom stereocenters. The Kier molecular flexibility index (Phi) is 5.89. The van der Waals surface area contributed by atoms with E-state index in [1.54, 1.807) is 0 Å². The van der Waals surface area contributed by atoms with E-state index in [9.17, 15) is 13.2 Å². The van der Waals surface area contributed by atoms with Gasteiger partial charge in [0, 0.05) is 7.11 Å². The van der Waals surface area contributed by atoms with E-state index in [-0.39, 0.29) is 20.2 Å². The lowest BCUT2D eigenvalue weighted by atomic mass is 10.4. The molecule has 10 heteroatoms. The van der Waals surface area contributed by atoms with E-state index >= 15 is 0 Å². The molecule has 0 spiro atoms. The van der Waals surface area contributed by atoms with Crippen molar-refractivity contribution in [1.82, 2.24) is 4.72 Å². The molecular weight excluding hydrogens is 362 g/mol. The summed E-state index contributed by atoms with van der Waals surface area (Å²) in [5.74, 6) is -1.21. The molecule has 19 heavy (non-hydrogen) atoms. The molecule has 1 atom stereocenters. The van der Waals surface area contributed by atoms with Crippen molar-refractivity contribution in [2.45, 2.75) is 10.9 Å². The van der Waals surface area contributed by atoms with Crippen molar-refractivity contribution in [3.05, 3.63) is 14.7 Å². The van der Waals surface area contributed by atoms with Crippen molar-refractivity contribution < 1.29 is 28.2 Å². The smallest absolute Gasteiger partial charge is 0.345 e.